The summed E-state index contributed by atoms with van der Waals surface area (Å²) in [5.74, 6) is 1.04. The van der Waals surface area contributed by atoms with E-state index in [4.69, 9.17) is 10.5 Å². The van der Waals surface area contributed by atoms with Crippen LogP contribution in [0, 0.1) is 13.8 Å². The maximum absolute atomic E-state index is 5.81. The first-order valence-electron chi connectivity index (χ1n) is 6.06. The fraction of sp³-hybridized carbons (Fsp3) is 0.571. The molecular weight excluding hydrogens is 198 g/mol. The third kappa shape index (κ3) is 4.23. The molecule has 0 aromatic heterocycles. The quantitative estimate of drug-likeness (QED) is 0.749. The van der Waals surface area contributed by atoms with Crippen molar-refractivity contribution in [2.24, 2.45) is 5.73 Å². The summed E-state index contributed by atoms with van der Waals surface area (Å²) < 4.78 is 5.81. The van der Waals surface area contributed by atoms with Crippen molar-refractivity contribution >= 4 is 0 Å². The van der Waals surface area contributed by atoms with Crippen molar-refractivity contribution in [3.8, 4) is 5.75 Å². The Kier molecular flexibility index (Phi) is 5.33. The Morgan fingerprint density at radius 2 is 1.81 bits per heavy atom. The molecule has 1 unspecified atom stereocenters. The summed E-state index contributed by atoms with van der Waals surface area (Å²) in [5, 5.41) is 0. The Morgan fingerprint density at radius 3 is 2.38 bits per heavy atom. The van der Waals surface area contributed by atoms with E-state index in [1.165, 1.54) is 11.1 Å². The molecule has 0 fully saturated rings. The molecule has 2 N–H and O–H groups in total. The highest BCUT2D eigenvalue weighted by molar-refractivity contribution is 5.39. The minimum atomic E-state index is 0.306. The standard InChI is InChI=1S/C14H23NO/c1-11-7-6-8-12(2)14(11)16-10-5-4-9-13(3)15/h6-8,13H,4-5,9-10,15H2,1-3H3. The van der Waals surface area contributed by atoms with Crippen molar-refractivity contribution in [3.05, 3.63) is 29.3 Å². The number of rotatable bonds is 6. The normalized spacial score (nSPS) is 12.5. The predicted molar refractivity (Wildman–Crippen MR) is 68.9 cm³/mol. The Balaban J connectivity index is 2.32. The van der Waals surface area contributed by atoms with Crippen molar-refractivity contribution in [2.75, 3.05) is 6.61 Å². The van der Waals surface area contributed by atoms with Crippen molar-refractivity contribution in [1.82, 2.24) is 0 Å². The van der Waals surface area contributed by atoms with Crippen LogP contribution in [0.4, 0.5) is 0 Å². The third-order valence-electron chi connectivity index (χ3n) is 2.71. The number of nitrogens with two attached hydrogens (primary N) is 1. The van der Waals surface area contributed by atoms with Crippen molar-refractivity contribution < 1.29 is 4.74 Å². The SMILES string of the molecule is Cc1cccc(C)c1OCCCCC(C)N. The molecule has 0 aliphatic heterocycles. The van der Waals surface area contributed by atoms with E-state index in [0.29, 0.717) is 6.04 Å². The number of para-hydroxylation sites is 1. The molecule has 0 bridgehead atoms. The van der Waals surface area contributed by atoms with E-state index in [1.54, 1.807) is 0 Å². The van der Waals surface area contributed by atoms with Gasteiger partial charge >= 0.3 is 0 Å². The molecule has 0 aliphatic rings. The second-order valence-corrected chi connectivity index (χ2v) is 4.54. The van der Waals surface area contributed by atoms with E-state index in [0.717, 1.165) is 31.6 Å². The summed E-state index contributed by atoms with van der Waals surface area (Å²) >= 11 is 0. The fourth-order valence-electron chi connectivity index (χ4n) is 1.77. The Morgan fingerprint density at radius 1 is 1.19 bits per heavy atom. The minimum Gasteiger partial charge on any atom is -0.493 e. The van der Waals surface area contributed by atoms with Crippen LogP contribution in [0.5, 0.6) is 5.75 Å². The van der Waals surface area contributed by atoms with Crippen LogP contribution in [0.15, 0.2) is 18.2 Å². The lowest BCUT2D eigenvalue weighted by Crippen LogP contribution is -2.14. The summed E-state index contributed by atoms with van der Waals surface area (Å²) in [6.45, 7) is 7.01. The predicted octanol–water partition coefficient (Wildman–Crippen LogP) is 3.20. The van der Waals surface area contributed by atoms with Crippen LogP contribution in [0.2, 0.25) is 0 Å². The molecule has 1 atom stereocenters. The highest BCUT2D eigenvalue weighted by atomic mass is 16.5. The van der Waals surface area contributed by atoms with Crippen LogP contribution in [0.25, 0.3) is 0 Å². The molecule has 1 aromatic carbocycles. The van der Waals surface area contributed by atoms with Gasteiger partial charge in [0, 0.05) is 6.04 Å². The zero-order chi connectivity index (χ0) is 12.0. The zero-order valence-electron chi connectivity index (χ0n) is 10.6. The van der Waals surface area contributed by atoms with Gasteiger partial charge in [-0.3, -0.25) is 0 Å². The molecule has 0 saturated heterocycles. The maximum Gasteiger partial charge on any atom is 0.125 e. The molecule has 0 spiro atoms. The first-order chi connectivity index (χ1) is 7.61. The zero-order valence-corrected chi connectivity index (χ0v) is 10.6. The maximum atomic E-state index is 5.81. The van der Waals surface area contributed by atoms with Crippen molar-refractivity contribution in [3.63, 3.8) is 0 Å². The second kappa shape index (κ2) is 6.54. The number of aryl methyl sites for hydroxylation is 2. The number of ether oxygens (including phenoxy) is 1. The molecule has 1 aromatic rings. The van der Waals surface area contributed by atoms with Gasteiger partial charge in [-0.25, -0.2) is 0 Å². The average molecular weight is 221 g/mol. The summed E-state index contributed by atoms with van der Waals surface area (Å²) in [6, 6.07) is 6.54. The largest absolute Gasteiger partial charge is 0.493 e. The molecule has 16 heavy (non-hydrogen) atoms. The van der Waals surface area contributed by atoms with Crippen LogP contribution in [-0.4, -0.2) is 12.6 Å². The van der Waals surface area contributed by atoms with E-state index in [2.05, 4.69) is 32.0 Å². The van der Waals surface area contributed by atoms with Gasteiger partial charge in [0.15, 0.2) is 0 Å². The minimum absolute atomic E-state index is 0.306. The summed E-state index contributed by atoms with van der Waals surface area (Å²) in [4.78, 5) is 0. The molecule has 0 aliphatic carbocycles. The van der Waals surface area contributed by atoms with Gasteiger partial charge in [0.05, 0.1) is 6.61 Å². The van der Waals surface area contributed by atoms with Gasteiger partial charge in [-0.05, 0) is 51.2 Å². The highest BCUT2D eigenvalue weighted by Gasteiger charge is 2.02. The third-order valence-corrected chi connectivity index (χ3v) is 2.71. The van der Waals surface area contributed by atoms with E-state index in [9.17, 15) is 0 Å². The van der Waals surface area contributed by atoms with Gasteiger partial charge in [0.25, 0.3) is 0 Å². The van der Waals surface area contributed by atoms with Crippen LogP contribution in [0.1, 0.15) is 37.3 Å². The Hall–Kier alpha value is -1.02. The van der Waals surface area contributed by atoms with Crippen molar-refractivity contribution in [1.29, 1.82) is 0 Å². The molecule has 90 valence electrons. The monoisotopic (exact) mass is 221 g/mol. The lowest BCUT2D eigenvalue weighted by atomic mass is 10.1. The van der Waals surface area contributed by atoms with Crippen LogP contribution in [0.3, 0.4) is 0 Å². The Labute approximate surface area is 98.8 Å². The molecular formula is C14H23NO. The summed E-state index contributed by atoms with van der Waals surface area (Å²) in [5.41, 5.74) is 8.12. The molecule has 2 nitrogen and oxygen atoms in total. The van der Waals surface area contributed by atoms with Crippen LogP contribution >= 0.6 is 0 Å². The first-order valence-corrected chi connectivity index (χ1v) is 6.06. The van der Waals surface area contributed by atoms with E-state index in [1.807, 2.05) is 6.92 Å². The van der Waals surface area contributed by atoms with E-state index in [-0.39, 0.29) is 0 Å². The van der Waals surface area contributed by atoms with Crippen LogP contribution < -0.4 is 10.5 Å². The molecule has 0 radical (unpaired) electrons. The van der Waals surface area contributed by atoms with Gasteiger partial charge < -0.3 is 10.5 Å². The number of unbranched alkanes of at least 4 members (excludes halogenated alkanes) is 1. The first kappa shape index (κ1) is 13.0. The highest BCUT2D eigenvalue weighted by Crippen LogP contribution is 2.22. The molecule has 2 heteroatoms. The number of hydrogen-bond acceptors (Lipinski definition) is 2. The average Bonchev–Trinajstić information content (AvgIpc) is 2.21. The molecule has 0 saturated carbocycles. The lowest BCUT2D eigenvalue weighted by Gasteiger charge is -2.12. The van der Waals surface area contributed by atoms with Crippen molar-refractivity contribution in [2.45, 2.75) is 46.1 Å². The lowest BCUT2D eigenvalue weighted by molar-refractivity contribution is 0.300. The van der Waals surface area contributed by atoms with E-state index >= 15 is 0 Å². The van der Waals surface area contributed by atoms with E-state index < -0.39 is 0 Å². The van der Waals surface area contributed by atoms with Gasteiger partial charge in [-0.15, -0.1) is 0 Å². The molecule has 0 heterocycles. The number of benzene rings is 1. The van der Waals surface area contributed by atoms with Crippen LogP contribution in [-0.2, 0) is 0 Å². The topological polar surface area (TPSA) is 35.2 Å². The molecule has 0 amide bonds. The van der Waals surface area contributed by atoms with Gasteiger partial charge in [-0.1, -0.05) is 18.2 Å². The molecule has 1 rings (SSSR count). The number of hydrogen-bond donors (Lipinski definition) is 1. The Bertz CT molecular complexity index is 300. The van der Waals surface area contributed by atoms with Gasteiger partial charge in [0.2, 0.25) is 0 Å². The summed E-state index contributed by atoms with van der Waals surface area (Å²) in [7, 11) is 0. The fourth-order valence-corrected chi connectivity index (χ4v) is 1.77. The van der Waals surface area contributed by atoms with Gasteiger partial charge in [-0.2, -0.15) is 0 Å². The smallest absolute Gasteiger partial charge is 0.125 e. The second-order valence-electron chi connectivity index (χ2n) is 4.54. The summed E-state index contributed by atoms with van der Waals surface area (Å²) in [6.07, 6.45) is 3.30. The van der Waals surface area contributed by atoms with Gasteiger partial charge in [0.1, 0.15) is 5.75 Å².